The third-order valence-electron chi connectivity index (χ3n) is 4.46. The fraction of sp³-hybridized carbons (Fsp3) is 0.750. The molecule has 3 rings (SSSR count). The Labute approximate surface area is 105 Å². The number of nitrogens with two attached hydrogens (primary N) is 1. The molecule has 1 heterocycles. The number of hydrogen-bond donors (Lipinski definition) is 1. The van der Waals surface area contributed by atoms with Crippen LogP contribution in [0.15, 0.2) is 4.63 Å². The van der Waals surface area contributed by atoms with Gasteiger partial charge >= 0.3 is 0 Å². The van der Waals surface area contributed by atoms with Gasteiger partial charge in [0.2, 0.25) is 11.5 Å². The van der Waals surface area contributed by atoms with E-state index in [0.717, 1.165) is 18.4 Å². The average molecular weight is 250 g/mol. The fourth-order valence-electron chi connectivity index (χ4n) is 3.56. The van der Waals surface area contributed by atoms with Crippen LogP contribution in [0.3, 0.4) is 0 Å². The first-order valence-electron chi connectivity index (χ1n) is 6.48. The number of anilines is 1. The summed E-state index contributed by atoms with van der Waals surface area (Å²) in [5.74, 6) is 2.20. The lowest BCUT2D eigenvalue weighted by Gasteiger charge is -2.26. The zero-order valence-corrected chi connectivity index (χ0v) is 10.5. The maximum atomic E-state index is 12.1. The van der Waals surface area contributed by atoms with Crippen LogP contribution >= 0.6 is 0 Å². The van der Waals surface area contributed by atoms with Crippen LogP contribution in [-0.2, 0) is 0 Å². The van der Waals surface area contributed by atoms with Gasteiger partial charge in [0.05, 0.1) is 0 Å². The second-order valence-electron chi connectivity index (χ2n) is 5.62. The summed E-state index contributed by atoms with van der Waals surface area (Å²) in [6.45, 7) is 0.784. The van der Waals surface area contributed by atoms with Gasteiger partial charge in [-0.1, -0.05) is 6.42 Å². The van der Waals surface area contributed by atoms with Gasteiger partial charge in [0.25, 0.3) is 5.91 Å². The van der Waals surface area contributed by atoms with Gasteiger partial charge in [-0.05, 0) is 47.3 Å². The zero-order chi connectivity index (χ0) is 12.7. The molecular formula is C12H18N4O2. The van der Waals surface area contributed by atoms with Crippen LogP contribution in [0.25, 0.3) is 0 Å². The Bertz CT molecular complexity index is 459. The van der Waals surface area contributed by atoms with E-state index >= 15 is 0 Å². The summed E-state index contributed by atoms with van der Waals surface area (Å²) >= 11 is 0. The van der Waals surface area contributed by atoms with Crippen molar-refractivity contribution in [3.05, 3.63) is 5.69 Å². The van der Waals surface area contributed by atoms with Crippen LogP contribution in [-0.4, -0.2) is 34.7 Å². The van der Waals surface area contributed by atoms with Gasteiger partial charge < -0.3 is 10.6 Å². The number of carbonyl (C=O) groups is 1. The third-order valence-corrected chi connectivity index (χ3v) is 4.46. The van der Waals surface area contributed by atoms with Crippen molar-refractivity contribution in [3.63, 3.8) is 0 Å². The van der Waals surface area contributed by atoms with E-state index in [4.69, 9.17) is 5.73 Å². The number of amides is 1. The Balaban J connectivity index is 1.63. The minimum Gasteiger partial charge on any atom is -0.379 e. The summed E-state index contributed by atoms with van der Waals surface area (Å²) in [6, 6.07) is 0. The molecule has 6 heteroatoms. The predicted molar refractivity (Wildman–Crippen MR) is 64.6 cm³/mol. The molecule has 2 aliphatic rings. The van der Waals surface area contributed by atoms with E-state index < -0.39 is 0 Å². The normalized spacial score (nSPS) is 29.7. The van der Waals surface area contributed by atoms with E-state index in [9.17, 15) is 4.79 Å². The first-order chi connectivity index (χ1) is 8.65. The molecule has 0 saturated heterocycles. The average Bonchev–Trinajstić information content (AvgIpc) is 3.04. The Morgan fingerprint density at radius 1 is 1.44 bits per heavy atom. The first-order valence-corrected chi connectivity index (χ1v) is 6.48. The Morgan fingerprint density at radius 2 is 2.28 bits per heavy atom. The van der Waals surface area contributed by atoms with Crippen molar-refractivity contribution in [1.82, 2.24) is 15.2 Å². The van der Waals surface area contributed by atoms with Crippen molar-refractivity contribution in [1.29, 1.82) is 0 Å². The molecular weight excluding hydrogens is 232 g/mol. The smallest absolute Gasteiger partial charge is 0.279 e. The number of nitrogen functional groups attached to an aromatic ring is 1. The van der Waals surface area contributed by atoms with Gasteiger partial charge in [-0.3, -0.25) is 4.79 Å². The van der Waals surface area contributed by atoms with E-state index in [-0.39, 0.29) is 17.4 Å². The van der Waals surface area contributed by atoms with Crippen molar-refractivity contribution in [3.8, 4) is 0 Å². The second-order valence-corrected chi connectivity index (χ2v) is 5.62. The third kappa shape index (κ3) is 1.85. The van der Waals surface area contributed by atoms with E-state index in [2.05, 4.69) is 14.9 Å². The molecule has 2 fully saturated rings. The first kappa shape index (κ1) is 11.5. The number of carbonyl (C=O) groups excluding carboxylic acids is 1. The molecule has 3 atom stereocenters. The van der Waals surface area contributed by atoms with Crippen molar-refractivity contribution >= 4 is 11.7 Å². The summed E-state index contributed by atoms with van der Waals surface area (Å²) in [4.78, 5) is 13.8. The van der Waals surface area contributed by atoms with Gasteiger partial charge in [-0.2, -0.15) is 0 Å². The topological polar surface area (TPSA) is 85.2 Å². The second kappa shape index (κ2) is 4.26. The van der Waals surface area contributed by atoms with Crippen molar-refractivity contribution in [2.24, 2.45) is 17.8 Å². The Kier molecular flexibility index (Phi) is 2.72. The minimum atomic E-state index is -0.198. The maximum absolute atomic E-state index is 12.1. The molecule has 2 aliphatic carbocycles. The van der Waals surface area contributed by atoms with Crippen LogP contribution < -0.4 is 5.73 Å². The maximum Gasteiger partial charge on any atom is 0.279 e. The molecule has 1 aromatic heterocycles. The van der Waals surface area contributed by atoms with Gasteiger partial charge in [-0.25, -0.2) is 4.63 Å². The molecule has 98 valence electrons. The predicted octanol–water partition coefficient (Wildman–Crippen LogP) is 1.16. The van der Waals surface area contributed by atoms with Gasteiger partial charge in [-0.15, -0.1) is 0 Å². The highest BCUT2D eigenvalue weighted by molar-refractivity contribution is 5.95. The van der Waals surface area contributed by atoms with E-state index in [1.54, 1.807) is 11.9 Å². The fourth-order valence-corrected chi connectivity index (χ4v) is 3.56. The molecule has 0 spiro atoms. The summed E-state index contributed by atoms with van der Waals surface area (Å²) in [7, 11) is 1.79. The van der Waals surface area contributed by atoms with Crippen LogP contribution in [0.5, 0.6) is 0 Å². The largest absolute Gasteiger partial charge is 0.379 e. The van der Waals surface area contributed by atoms with Crippen molar-refractivity contribution < 1.29 is 9.42 Å². The van der Waals surface area contributed by atoms with Gasteiger partial charge in [0.15, 0.2) is 0 Å². The number of rotatable bonds is 3. The SMILES string of the molecule is CN(CC1CC2CCC1C2)C(=O)c1nonc1N. The molecule has 3 unspecified atom stereocenters. The highest BCUT2D eigenvalue weighted by Gasteiger charge is 2.40. The van der Waals surface area contributed by atoms with E-state index in [1.165, 1.54) is 25.7 Å². The van der Waals surface area contributed by atoms with Crippen LogP contribution in [0.2, 0.25) is 0 Å². The van der Waals surface area contributed by atoms with Gasteiger partial charge in [0, 0.05) is 13.6 Å². The zero-order valence-electron chi connectivity index (χ0n) is 10.5. The molecule has 2 saturated carbocycles. The van der Waals surface area contributed by atoms with Crippen molar-refractivity contribution in [2.45, 2.75) is 25.7 Å². The standard InChI is InChI=1S/C12H18N4O2/c1-16(12(17)10-11(13)15-18-14-10)6-9-5-7-2-3-8(9)4-7/h7-9H,2-6H2,1H3,(H2,13,15). The Morgan fingerprint density at radius 3 is 2.83 bits per heavy atom. The molecule has 18 heavy (non-hydrogen) atoms. The lowest BCUT2D eigenvalue weighted by atomic mass is 9.88. The van der Waals surface area contributed by atoms with Crippen LogP contribution in [0.1, 0.15) is 36.2 Å². The van der Waals surface area contributed by atoms with E-state index in [1.807, 2.05) is 0 Å². The molecule has 1 amide bonds. The molecule has 1 aromatic rings. The highest BCUT2D eigenvalue weighted by atomic mass is 16.6. The summed E-state index contributed by atoms with van der Waals surface area (Å²) in [5, 5.41) is 6.99. The number of nitrogens with zero attached hydrogens (tertiary/aromatic N) is 3. The number of aromatic nitrogens is 2. The molecule has 2 bridgehead atoms. The molecule has 6 nitrogen and oxygen atoms in total. The quantitative estimate of drug-likeness (QED) is 0.870. The minimum absolute atomic E-state index is 0.0693. The monoisotopic (exact) mass is 250 g/mol. The summed E-state index contributed by atoms with van der Waals surface area (Å²) in [6.07, 6.45) is 5.30. The Hall–Kier alpha value is -1.59. The van der Waals surface area contributed by atoms with Crippen LogP contribution in [0, 0.1) is 17.8 Å². The number of hydrogen-bond acceptors (Lipinski definition) is 5. The molecule has 2 N–H and O–H groups in total. The highest BCUT2D eigenvalue weighted by Crippen LogP contribution is 2.48. The van der Waals surface area contributed by atoms with E-state index in [0.29, 0.717) is 5.92 Å². The number of fused-ring (bicyclic) bond motifs is 2. The molecule has 0 radical (unpaired) electrons. The van der Waals surface area contributed by atoms with Gasteiger partial charge in [0.1, 0.15) is 0 Å². The summed E-state index contributed by atoms with van der Waals surface area (Å²) < 4.78 is 4.46. The van der Waals surface area contributed by atoms with Crippen molar-refractivity contribution in [2.75, 3.05) is 19.3 Å². The lowest BCUT2D eigenvalue weighted by Crippen LogP contribution is -2.34. The molecule has 0 aliphatic heterocycles. The summed E-state index contributed by atoms with van der Waals surface area (Å²) in [5.41, 5.74) is 5.66. The van der Waals surface area contributed by atoms with Crippen LogP contribution in [0.4, 0.5) is 5.82 Å². The lowest BCUT2D eigenvalue weighted by molar-refractivity contribution is 0.0744. The molecule has 0 aromatic carbocycles.